The lowest BCUT2D eigenvalue weighted by molar-refractivity contribution is -0.139. The van der Waals surface area contributed by atoms with Crippen molar-refractivity contribution in [1.29, 1.82) is 0 Å². The summed E-state index contributed by atoms with van der Waals surface area (Å²) in [6.45, 7) is 2.49. The molecule has 0 N–H and O–H groups in total. The van der Waals surface area contributed by atoms with E-state index in [0.717, 1.165) is 11.1 Å². The zero-order valence-electron chi connectivity index (χ0n) is 12.2. The maximum Gasteiger partial charge on any atom is 0.406 e. The number of nitrogens with zero attached hydrogens (tertiary/aromatic N) is 1. The molecule has 1 aromatic heterocycles. The third-order valence-electron chi connectivity index (χ3n) is 3.71. The lowest BCUT2D eigenvalue weighted by Crippen LogP contribution is -2.21. The van der Waals surface area contributed by atoms with Crippen LogP contribution in [0.25, 0.3) is 21.8 Å². The third-order valence-corrected chi connectivity index (χ3v) is 3.71. The Balaban J connectivity index is 2.52. The van der Waals surface area contributed by atoms with Crippen LogP contribution in [0.5, 0.6) is 0 Å². The molecule has 0 unspecified atom stereocenters. The van der Waals surface area contributed by atoms with Crippen molar-refractivity contribution in [2.75, 3.05) is 0 Å². The summed E-state index contributed by atoms with van der Waals surface area (Å²) in [6.07, 6.45) is -4.36. The number of hydrogen-bond acceptors (Lipinski definition) is 1. The molecule has 2 aromatic carbocycles. The summed E-state index contributed by atoms with van der Waals surface area (Å²) in [6, 6.07) is 9.91. The van der Waals surface area contributed by atoms with Crippen molar-refractivity contribution in [2.24, 2.45) is 0 Å². The molecule has 3 aromatic rings. The van der Waals surface area contributed by atoms with Gasteiger partial charge in [-0.3, -0.25) is 4.79 Å². The second-order valence-electron chi connectivity index (χ2n) is 5.57. The van der Waals surface area contributed by atoms with Crippen LogP contribution in [0.4, 0.5) is 13.2 Å². The van der Waals surface area contributed by atoms with Crippen LogP contribution in [-0.2, 0) is 6.54 Å². The van der Waals surface area contributed by atoms with Crippen LogP contribution in [0.2, 0.25) is 0 Å². The van der Waals surface area contributed by atoms with Gasteiger partial charge in [-0.25, -0.2) is 0 Å². The summed E-state index contributed by atoms with van der Waals surface area (Å²) >= 11 is 0. The fraction of sp³-hybridized carbons (Fsp3) is 0.235. The summed E-state index contributed by atoms with van der Waals surface area (Å²) in [5.74, 6) is 0. The van der Waals surface area contributed by atoms with Crippen LogP contribution in [0.15, 0.2) is 41.2 Å². The lowest BCUT2D eigenvalue weighted by atomic mass is 10.1. The molecule has 0 bridgehead atoms. The molecule has 0 aliphatic carbocycles. The first-order chi connectivity index (χ1) is 10.3. The monoisotopic (exact) mass is 305 g/mol. The molecule has 0 fully saturated rings. The minimum atomic E-state index is -4.36. The molecule has 3 rings (SSSR count). The molecule has 0 aliphatic rings. The highest BCUT2D eigenvalue weighted by molar-refractivity contribution is 5.94. The zero-order chi connectivity index (χ0) is 16.1. The molecule has 5 heteroatoms. The van der Waals surface area contributed by atoms with Gasteiger partial charge in [0.2, 0.25) is 0 Å². The zero-order valence-corrected chi connectivity index (χ0v) is 12.2. The fourth-order valence-corrected chi connectivity index (χ4v) is 2.75. The maximum absolute atomic E-state index is 13.0. The Labute approximate surface area is 124 Å². The standard InChI is InChI=1S/C17H14F3NO/c1-10-4-6-14-13(7-10)16(22)12-5-3-11(2)8-15(12)21(14)9-17(18,19)20/h3-8H,9H2,1-2H3. The van der Waals surface area contributed by atoms with E-state index in [9.17, 15) is 18.0 Å². The van der Waals surface area contributed by atoms with Crippen LogP contribution in [0.1, 0.15) is 11.1 Å². The average molecular weight is 305 g/mol. The Morgan fingerprint density at radius 3 is 2.23 bits per heavy atom. The first-order valence-electron chi connectivity index (χ1n) is 6.86. The van der Waals surface area contributed by atoms with Gasteiger partial charge in [-0.05, 0) is 43.7 Å². The van der Waals surface area contributed by atoms with Crippen molar-refractivity contribution < 1.29 is 13.2 Å². The van der Waals surface area contributed by atoms with Crippen LogP contribution < -0.4 is 5.43 Å². The molecule has 0 radical (unpaired) electrons. The van der Waals surface area contributed by atoms with Gasteiger partial charge in [0.15, 0.2) is 5.43 Å². The summed E-state index contributed by atoms with van der Waals surface area (Å²) in [4.78, 5) is 12.6. The number of fused-ring (bicyclic) bond motifs is 2. The Morgan fingerprint density at radius 1 is 0.909 bits per heavy atom. The number of halogens is 3. The van der Waals surface area contributed by atoms with E-state index < -0.39 is 12.7 Å². The Kier molecular flexibility index (Phi) is 3.24. The van der Waals surface area contributed by atoms with Crippen LogP contribution in [-0.4, -0.2) is 10.7 Å². The molecule has 0 saturated heterocycles. The van der Waals surface area contributed by atoms with Gasteiger partial charge in [0.1, 0.15) is 6.54 Å². The largest absolute Gasteiger partial charge is 0.406 e. The molecule has 0 atom stereocenters. The van der Waals surface area contributed by atoms with E-state index in [2.05, 4.69) is 0 Å². The van der Waals surface area contributed by atoms with Gasteiger partial charge in [-0.1, -0.05) is 17.7 Å². The van der Waals surface area contributed by atoms with Crippen molar-refractivity contribution in [3.8, 4) is 0 Å². The summed E-state index contributed by atoms with van der Waals surface area (Å²) in [7, 11) is 0. The Morgan fingerprint density at radius 2 is 1.55 bits per heavy atom. The number of alkyl halides is 3. The van der Waals surface area contributed by atoms with E-state index in [0.29, 0.717) is 21.8 Å². The highest BCUT2D eigenvalue weighted by Crippen LogP contribution is 2.26. The van der Waals surface area contributed by atoms with Gasteiger partial charge in [0.25, 0.3) is 0 Å². The smallest absolute Gasteiger partial charge is 0.331 e. The van der Waals surface area contributed by atoms with E-state index in [4.69, 9.17) is 0 Å². The van der Waals surface area contributed by atoms with Crippen molar-refractivity contribution in [3.05, 3.63) is 57.7 Å². The molecular weight excluding hydrogens is 291 g/mol. The highest BCUT2D eigenvalue weighted by atomic mass is 19.4. The van der Waals surface area contributed by atoms with Crippen LogP contribution in [0.3, 0.4) is 0 Å². The third kappa shape index (κ3) is 2.47. The lowest BCUT2D eigenvalue weighted by Gasteiger charge is -2.17. The average Bonchev–Trinajstić information content (AvgIpc) is 2.42. The second kappa shape index (κ2) is 4.87. The Hall–Kier alpha value is -2.30. The first kappa shape index (κ1) is 14.6. The summed E-state index contributed by atoms with van der Waals surface area (Å²) in [5.41, 5.74) is 2.06. The van der Waals surface area contributed by atoms with Crippen molar-refractivity contribution in [2.45, 2.75) is 26.6 Å². The van der Waals surface area contributed by atoms with E-state index in [1.807, 2.05) is 6.92 Å². The van der Waals surface area contributed by atoms with Gasteiger partial charge < -0.3 is 4.57 Å². The quantitative estimate of drug-likeness (QED) is 0.613. The predicted octanol–water partition coefficient (Wildman–Crippen LogP) is 4.33. The van der Waals surface area contributed by atoms with E-state index in [1.165, 1.54) is 4.57 Å². The minimum absolute atomic E-state index is 0.230. The SMILES string of the molecule is Cc1ccc2c(c1)c(=O)c1ccc(C)cc1n2CC(F)(F)F. The van der Waals surface area contributed by atoms with Crippen molar-refractivity contribution >= 4 is 21.8 Å². The fourth-order valence-electron chi connectivity index (χ4n) is 2.75. The van der Waals surface area contributed by atoms with Crippen molar-refractivity contribution in [3.63, 3.8) is 0 Å². The number of aryl methyl sites for hydroxylation is 2. The Bertz CT molecular complexity index is 938. The molecule has 2 nitrogen and oxygen atoms in total. The van der Waals surface area contributed by atoms with Gasteiger partial charge in [0.05, 0.1) is 11.0 Å². The van der Waals surface area contributed by atoms with Gasteiger partial charge in [-0.15, -0.1) is 0 Å². The minimum Gasteiger partial charge on any atom is -0.331 e. The van der Waals surface area contributed by atoms with Crippen LogP contribution >= 0.6 is 0 Å². The molecular formula is C17H14F3NO. The molecule has 0 saturated carbocycles. The molecule has 114 valence electrons. The van der Waals surface area contributed by atoms with Crippen LogP contribution in [0, 0.1) is 13.8 Å². The molecule has 1 heterocycles. The van der Waals surface area contributed by atoms with Gasteiger partial charge in [-0.2, -0.15) is 13.2 Å². The predicted molar refractivity (Wildman–Crippen MR) is 81.2 cm³/mol. The number of benzene rings is 2. The normalized spacial score (nSPS) is 12.2. The molecule has 0 amide bonds. The van der Waals surface area contributed by atoms with E-state index in [1.54, 1.807) is 43.3 Å². The van der Waals surface area contributed by atoms with E-state index in [-0.39, 0.29) is 5.43 Å². The van der Waals surface area contributed by atoms with Crippen molar-refractivity contribution in [1.82, 2.24) is 4.57 Å². The number of aromatic nitrogens is 1. The van der Waals surface area contributed by atoms with Gasteiger partial charge in [0, 0.05) is 10.8 Å². The second-order valence-corrected chi connectivity index (χ2v) is 5.57. The molecule has 0 spiro atoms. The maximum atomic E-state index is 13.0. The highest BCUT2D eigenvalue weighted by Gasteiger charge is 2.29. The number of hydrogen-bond donors (Lipinski definition) is 0. The van der Waals surface area contributed by atoms with Gasteiger partial charge >= 0.3 is 6.18 Å². The number of pyridine rings is 1. The number of rotatable bonds is 1. The topological polar surface area (TPSA) is 22.0 Å². The molecule has 0 aliphatic heterocycles. The molecule has 22 heavy (non-hydrogen) atoms. The van der Waals surface area contributed by atoms with E-state index >= 15 is 0 Å². The summed E-state index contributed by atoms with van der Waals surface area (Å²) in [5, 5.41) is 0.633. The summed E-state index contributed by atoms with van der Waals surface area (Å²) < 4.78 is 40.1. The first-order valence-corrected chi connectivity index (χ1v) is 6.86.